The molecule has 11 heteroatoms. The van der Waals surface area contributed by atoms with Crippen molar-refractivity contribution in [2.45, 2.75) is 51.1 Å². The second-order valence-corrected chi connectivity index (χ2v) is 13.4. The molecule has 0 amide bonds. The van der Waals surface area contributed by atoms with Gasteiger partial charge in [0.15, 0.2) is 9.84 Å². The van der Waals surface area contributed by atoms with Gasteiger partial charge in [-0.1, -0.05) is 32.1 Å². The summed E-state index contributed by atoms with van der Waals surface area (Å²) in [6.07, 6.45) is 8.35. The Balaban J connectivity index is 1.50. The third kappa shape index (κ3) is 5.44. The van der Waals surface area contributed by atoms with E-state index in [1.807, 2.05) is 6.07 Å². The number of ether oxygens (including phenoxy) is 1. The largest absolute Gasteiger partial charge is 0.476 e. The van der Waals surface area contributed by atoms with E-state index in [1.54, 1.807) is 16.6 Å². The van der Waals surface area contributed by atoms with Crippen LogP contribution in [0.5, 0.6) is 5.88 Å². The predicted octanol–water partition coefficient (Wildman–Crippen LogP) is 1.17. The summed E-state index contributed by atoms with van der Waals surface area (Å²) in [5.74, 6) is 1.03. The molecule has 4 rings (SSSR count). The molecule has 1 unspecified atom stereocenters. The van der Waals surface area contributed by atoms with Crippen molar-refractivity contribution < 1.29 is 21.6 Å². The molecule has 180 valence electrons. The molecular weight excluding hydrogens is 452 g/mol. The lowest BCUT2D eigenvalue weighted by Crippen LogP contribution is -2.52. The Morgan fingerprint density at radius 3 is 2.53 bits per heavy atom. The number of nitrogens with two attached hydrogens (primary N) is 1. The fourth-order valence-electron chi connectivity index (χ4n) is 5.22. The number of sulfone groups is 1. The Morgan fingerprint density at radius 2 is 1.84 bits per heavy atom. The Labute approximate surface area is 191 Å². The molecule has 32 heavy (non-hydrogen) atoms. The summed E-state index contributed by atoms with van der Waals surface area (Å²) in [5, 5.41) is 0. The van der Waals surface area contributed by atoms with Gasteiger partial charge in [-0.25, -0.2) is 13.4 Å². The molecule has 1 aromatic rings. The maximum Gasteiger partial charge on any atom is 0.282 e. The van der Waals surface area contributed by atoms with Crippen LogP contribution in [0.4, 0.5) is 0 Å². The van der Waals surface area contributed by atoms with Crippen molar-refractivity contribution in [3.8, 4) is 5.88 Å². The standard InChI is InChI=1S/C21H34N4O5S2/c22-14-17-6-7-23-21(12-17)30-16-20-13-19(18-4-2-1-3-5-18)15-25(20)32(28,29)24-8-10-31(26,27)11-9-24/h6-7,12,18-20H,1-5,8-11,13-16,22H2/t19?,20-/m0/s1. The lowest BCUT2D eigenvalue weighted by molar-refractivity contribution is 0.217. The zero-order valence-electron chi connectivity index (χ0n) is 18.4. The average molecular weight is 487 g/mol. The third-order valence-corrected chi connectivity index (χ3v) is 10.8. The molecule has 9 nitrogen and oxygen atoms in total. The monoisotopic (exact) mass is 486 g/mol. The van der Waals surface area contributed by atoms with Crippen LogP contribution in [0.3, 0.4) is 0 Å². The van der Waals surface area contributed by atoms with E-state index in [4.69, 9.17) is 10.5 Å². The Bertz CT molecular complexity index is 981. The summed E-state index contributed by atoms with van der Waals surface area (Å²) in [6.45, 7) is 1.10. The van der Waals surface area contributed by atoms with E-state index in [0.29, 0.717) is 30.8 Å². The maximum atomic E-state index is 13.5. The molecule has 0 aromatic carbocycles. The second-order valence-electron chi connectivity index (χ2n) is 9.19. The summed E-state index contributed by atoms with van der Waals surface area (Å²) in [5.41, 5.74) is 6.60. The van der Waals surface area contributed by atoms with E-state index in [9.17, 15) is 16.8 Å². The van der Waals surface area contributed by atoms with Crippen molar-refractivity contribution in [2.75, 3.05) is 37.7 Å². The molecule has 2 saturated heterocycles. The van der Waals surface area contributed by atoms with E-state index in [-0.39, 0.29) is 37.2 Å². The molecule has 1 aliphatic carbocycles. The number of hydrogen-bond acceptors (Lipinski definition) is 7. The van der Waals surface area contributed by atoms with E-state index >= 15 is 0 Å². The SMILES string of the molecule is NCc1ccnc(OC[C@@H]2CC(C3CCCCC3)CN2S(=O)(=O)N2CCS(=O)(=O)CC2)c1. The molecule has 0 bridgehead atoms. The van der Waals surface area contributed by atoms with Gasteiger partial charge in [0, 0.05) is 38.4 Å². The van der Waals surface area contributed by atoms with Gasteiger partial charge < -0.3 is 10.5 Å². The minimum absolute atomic E-state index is 0.0168. The molecule has 2 N–H and O–H groups in total. The number of pyridine rings is 1. The predicted molar refractivity (Wildman–Crippen MR) is 122 cm³/mol. The first kappa shape index (κ1) is 23.9. The third-order valence-electron chi connectivity index (χ3n) is 7.10. The smallest absolute Gasteiger partial charge is 0.282 e. The van der Waals surface area contributed by atoms with E-state index in [1.165, 1.54) is 23.6 Å². The molecule has 1 saturated carbocycles. The zero-order chi connectivity index (χ0) is 22.8. The van der Waals surface area contributed by atoms with Crippen molar-refractivity contribution in [1.82, 2.24) is 13.6 Å². The molecular formula is C21H34N4O5S2. The van der Waals surface area contributed by atoms with Crippen molar-refractivity contribution >= 4 is 20.0 Å². The molecule has 2 aliphatic heterocycles. The number of rotatable bonds is 7. The number of aromatic nitrogens is 1. The minimum Gasteiger partial charge on any atom is -0.476 e. The maximum absolute atomic E-state index is 13.5. The van der Waals surface area contributed by atoms with Crippen LogP contribution in [-0.2, 0) is 26.6 Å². The summed E-state index contributed by atoms with van der Waals surface area (Å²) in [7, 11) is -6.93. The van der Waals surface area contributed by atoms with Gasteiger partial charge in [-0.3, -0.25) is 0 Å². The van der Waals surface area contributed by atoms with Crippen molar-refractivity contribution in [1.29, 1.82) is 0 Å². The van der Waals surface area contributed by atoms with Crippen LogP contribution in [-0.4, -0.2) is 74.2 Å². The molecule has 1 aromatic heterocycles. The normalized spacial score (nSPS) is 28.0. The van der Waals surface area contributed by atoms with Crippen LogP contribution in [0.1, 0.15) is 44.1 Å². The highest BCUT2D eigenvalue weighted by atomic mass is 32.2. The van der Waals surface area contributed by atoms with E-state index in [2.05, 4.69) is 4.98 Å². The van der Waals surface area contributed by atoms with Gasteiger partial charge in [-0.05, 0) is 29.9 Å². The highest BCUT2D eigenvalue weighted by molar-refractivity contribution is 7.91. The van der Waals surface area contributed by atoms with Gasteiger partial charge in [0.05, 0.1) is 17.5 Å². The van der Waals surface area contributed by atoms with Gasteiger partial charge in [0.25, 0.3) is 10.2 Å². The lowest BCUT2D eigenvalue weighted by atomic mass is 9.79. The molecule has 3 aliphatic rings. The van der Waals surface area contributed by atoms with Gasteiger partial charge in [0.1, 0.15) is 6.61 Å². The van der Waals surface area contributed by atoms with Crippen LogP contribution in [0.2, 0.25) is 0 Å². The molecule has 2 atom stereocenters. The lowest BCUT2D eigenvalue weighted by Gasteiger charge is -2.33. The molecule has 3 fully saturated rings. The highest BCUT2D eigenvalue weighted by Crippen LogP contribution is 2.39. The summed E-state index contributed by atoms with van der Waals surface area (Å²) >= 11 is 0. The summed E-state index contributed by atoms with van der Waals surface area (Å²) < 4.78 is 59.5. The first-order valence-corrected chi connectivity index (χ1v) is 14.8. The van der Waals surface area contributed by atoms with Gasteiger partial charge in [-0.2, -0.15) is 17.0 Å². The quantitative estimate of drug-likeness (QED) is 0.613. The molecule has 3 heterocycles. The average Bonchev–Trinajstić information content (AvgIpc) is 3.23. The minimum atomic E-state index is -3.77. The van der Waals surface area contributed by atoms with Gasteiger partial charge in [-0.15, -0.1) is 0 Å². The number of hydrogen-bond donors (Lipinski definition) is 1. The second kappa shape index (κ2) is 9.92. The fraction of sp³-hybridized carbons (Fsp3) is 0.762. The van der Waals surface area contributed by atoms with Crippen LogP contribution >= 0.6 is 0 Å². The number of nitrogens with zero attached hydrogens (tertiary/aromatic N) is 3. The van der Waals surface area contributed by atoms with E-state index in [0.717, 1.165) is 24.8 Å². The zero-order valence-corrected chi connectivity index (χ0v) is 20.1. The van der Waals surface area contributed by atoms with Crippen LogP contribution in [0, 0.1) is 11.8 Å². The highest BCUT2D eigenvalue weighted by Gasteiger charge is 2.45. The summed E-state index contributed by atoms with van der Waals surface area (Å²) in [4.78, 5) is 4.23. The van der Waals surface area contributed by atoms with Crippen molar-refractivity contribution in [3.63, 3.8) is 0 Å². The van der Waals surface area contributed by atoms with Crippen molar-refractivity contribution in [3.05, 3.63) is 23.9 Å². The van der Waals surface area contributed by atoms with Crippen molar-refractivity contribution in [2.24, 2.45) is 17.6 Å². The first-order valence-electron chi connectivity index (χ1n) is 11.5. The Morgan fingerprint density at radius 1 is 1.12 bits per heavy atom. The Hall–Kier alpha value is -1.27. The molecule has 0 radical (unpaired) electrons. The first-order chi connectivity index (χ1) is 15.3. The van der Waals surface area contributed by atoms with E-state index < -0.39 is 20.0 Å². The Kier molecular flexibility index (Phi) is 7.40. The van der Waals surface area contributed by atoms with Gasteiger partial charge >= 0.3 is 0 Å². The van der Waals surface area contributed by atoms with Gasteiger partial charge in [0.2, 0.25) is 5.88 Å². The molecule has 0 spiro atoms. The topological polar surface area (TPSA) is 123 Å². The van der Waals surface area contributed by atoms with Crippen LogP contribution in [0.25, 0.3) is 0 Å². The fourth-order valence-corrected chi connectivity index (χ4v) is 8.49. The summed E-state index contributed by atoms with van der Waals surface area (Å²) in [6, 6.07) is 3.30. The van der Waals surface area contributed by atoms with Crippen LogP contribution < -0.4 is 10.5 Å². The van der Waals surface area contributed by atoms with Crippen LogP contribution in [0.15, 0.2) is 18.3 Å².